The van der Waals surface area contributed by atoms with Crippen molar-refractivity contribution < 1.29 is 44.6 Å². The maximum atomic E-state index is 13.1. The lowest BCUT2D eigenvalue weighted by molar-refractivity contribution is 0.184. The average Bonchev–Trinajstić information content (AvgIpc) is 4.18. The largest absolute Gasteiger partial charge is 0.495 e. The minimum Gasteiger partial charge on any atom is -0.495 e. The molecule has 0 N–H and O–H groups in total. The Kier molecular flexibility index (Phi) is 16.5. The number of aromatic nitrogens is 6. The Hall–Kier alpha value is -6.28. The van der Waals surface area contributed by atoms with Gasteiger partial charge in [0.15, 0.2) is 42.8 Å². The third-order valence-corrected chi connectivity index (χ3v) is 14.1. The van der Waals surface area contributed by atoms with Gasteiger partial charge in [0.25, 0.3) is 0 Å². The molecule has 68 heavy (non-hydrogen) atoms. The van der Waals surface area contributed by atoms with Crippen molar-refractivity contribution in [1.82, 2.24) is 29.5 Å². The number of halogens is 2. The summed E-state index contributed by atoms with van der Waals surface area (Å²) in [5.41, 5.74) is 4.55. The van der Waals surface area contributed by atoms with Gasteiger partial charge < -0.3 is 27.8 Å². The summed E-state index contributed by atoms with van der Waals surface area (Å²) in [6.45, 7) is 0.566. The van der Waals surface area contributed by atoms with Crippen LogP contribution >= 0.6 is 23.2 Å². The van der Waals surface area contributed by atoms with Crippen LogP contribution in [-0.2, 0) is 66.7 Å². The third-order valence-electron chi connectivity index (χ3n) is 10.5. The zero-order chi connectivity index (χ0) is 48.3. The number of hydrogen-bond donors (Lipinski definition) is 0. The molecule has 4 heterocycles. The minimum atomic E-state index is -3.53. The second kappa shape index (κ2) is 22.7. The second-order valence-corrected chi connectivity index (χ2v) is 20.5. The summed E-state index contributed by atoms with van der Waals surface area (Å²) < 4.78 is 88.8. The molecule has 0 aliphatic heterocycles. The molecule has 8 aromatic rings. The van der Waals surface area contributed by atoms with E-state index < -0.39 is 19.7 Å². The van der Waals surface area contributed by atoms with E-state index in [0.717, 1.165) is 22.3 Å². The monoisotopic (exact) mass is 1000 g/mol. The maximum Gasteiger partial charge on any atom is 0.204 e. The third kappa shape index (κ3) is 12.2. The van der Waals surface area contributed by atoms with Crippen molar-refractivity contribution in [2.24, 2.45) is 0 Å². The number of sulfone groups is 2. The topological polar surface area (TPSA) is 193 Å². The van der Waals surface area contributed by atoms with E-state index >= 15 is 0 Å². The van der Waals surface area contributed by atoms with Crippen LogP contribution in [0, 0.1) is 0 Å². The molecule has 0 spiro atoms. The molecule has 0 aliphatic carbocycles. The van der Waals surface area contributed by atoms with Crippen LogP contribution in [0.5, 0.6) is 11.5 Å². The van der Waals surface area contributed by atoms with Crippen LogP contribution in [0.1, 0.15) is 33.9 Å². The molecule has 0 bridgehead atoms. The molecule has 16 nitrogen and oxygen atoms in total. The number of hydrogen-bond acceptors (Lipinski definition) is 14. The Morgan fingerprint density at radius 1 is 0.515 bits per heavy atom. The van der Waals surface area contributed by atoms with Gasteiger partial charge in [-0.25, -0.2) is 16.8 Å². The van der Waals surface area contributed by atoms with Crippen molar-refractivity contribution in [2.75, 3.05) is 39.9 Å². The first kappa shape index (κ1) is 49.6. The second-order valence-electron chi connectivity index (χ2n) is 15.2. The van der Waals surface area contributed by atoms with Gasteiger partial charge in [0, 0.05) is 35.4 Å². The predicted molar refractivity (Wildman–Crippen MR) is 258 cm³/mol. The number of nitrogens with zero attached hydrogens (tertiary/aromatic N) is 6. The lowest BCUT2D eigenvalue weighted by Crippen LogP contribution is -2.16. The maximum absolute atomic E-state index is 13.1. The molecule has 20 heteroatoms. The minimum absolute atomic E-state index is 0.0472. The lowest BCUT2D eigenvalue weighted by atomic mass is 10.1. The van der Waals surface area contributed by atoms with Crippen molar-refractivity contribution in [1.29, 1.82) is 0 Å². The van der Waals surface area contributed by atoms with Crippen LogP contribution in [0.25, 0.3) is 34.5 Å². The summed E-state index contributed by atoms with van der Waals surface area (Å²) in [6.07, 6.45) is 3.77. The van der Waals surface area contributed by atoms with E-state index in [4.69, 9.17) is 51.0 Å². The highest BCUT2D eigenvalue weighted by molar-refractivity contribution is 7.90. The van der Waals surface area contributed by atoms with Gasteiger partial charge in [0.2, 0.25) is 11.6 Å². The van der Waals surface area contributed by atoms with Gasteiger partial charge in [-0.15, -0.1) is 20.4 Å². The fourth-order valence-corrected chi connectivity index (χ4v) is 10.1. The Morgan fingerprint density at radius 3 is 1.25 bits per heavy atom. The zero-order valence-electron chi connectivity index (χ0n) is 37.5. The predicted octanol–water partition coefficient (Wildman–Crippen LogP) is 8.99. The molecule has 0 aliphatic rings. The molecular formula is C48H48Cl2N6O10S2. The van der Waals surface area contributed by atoms with E-state index in [1.165, 1.54) is 12.5 Å². The van der Waals surface area contributed by atoms with Crippen molar-refractivity contribution in [3.8, 4) is 46.0 Å². The lowest BCUT2D eigenvalue weighted by Gasteiger charge is -2.17. The molecule has 0 radical (unpaired) electrons. The summed E-state index contributed by atoms with van der Waals surface area (Å²) in [5.74, 6) is 2.50. The number of rotatable bonds is 20. The van der Waals surface area contributed by atoms with Crippen LogP contribution in [0.3, 0.4) is 0 Å². The van der Waals surface area contributed by atoms with E-state index in [9.17, 15) is 16.8 Å². The van der Waals surface area contributed by atoms with Gasteiger partial charge in [-0.2, -0.15) is 0 Å². The molecule has 4 aromatic heterocycles. The first-order valence-corrected chi connectivity index (χ1v) is 25.4. The molecular weight excluding hydrogens is 956 g/mol. The SMILES string of the molecule is COCc1cccc(OC)c1-n1c(CS(=O)(=O)CCc2ccc(Cl)cc2)nnc1-c1ccco1.COCc1cccc(OC)c1-n1c(CS(=O)(=O)CCc2ccc(Cl)cc2)nnc1-c1ccco1. The summed E-state index contributed by atoms with van der Waals surface area (Å²) >= 11 is 11.9. The number of methoxy groups -OCH3 is 4. The van der Waals surface area contributed by atoms with Crippen LogP contribution < -0.4 is 9.47 Å². The van der Waals surface area contributed by atoms with Crippen molar-refractivity contribution in [3.63, 3.8) is 0 Å². The Labute approximate surface area is 404 Å². The Balaban J connectivity index is 0.000000201. The normalized spacial score (nSPS) is 11.6. The van der Waals surface area contributed by atoms with Gasteiger partial charge in [-0.3, -0.25) is 9.13 Å². The number of furan rings is 2. The Bertz CT molecular complexity index is 2910. The molecule has 356 valence electrons. The fraction of sp³-hybridized carbons (Fsp3) is 0.250. The highest BCUT2D eigenvalue weighted by atomic mass is 35.5. The smallest absolute Gasteiger partial charge is 0.204 e. The standard InChI is InChI=1S/2C24H24ClN3O5S/c2*1-31-15-18-5-3-6-20(32-2)23(18)28-22(26-27-24(28)21-7-4-13-33-21)16-34(29,30)14-12-17-8-10-19(25)11-9-17/h2*3-11,13H,12,14-16H2,1-2H3. The van der Waals surface area contributed by atoms with Gasteiger partial charge in [0.05, 0.1) is 62.8 Å². The van der Waals surface area contributed by atoms with E-state index in [1.54, 1.807) is 98.2 Å². The molecule has 0 unspecified atom stereocenters. The first-order valence-electron chi connectivity index (χ1n) is 21.0. The van der Waals surface area contributed by atoms with Crippen molar-refractivity contribution in [2.45, 2.75) is 37.6 Å². The number of aryl methyl sites for hydroxylation is 2. The number of para-hydroxylation sites is 2. The molecule has 4 aromatic carbocycles. The molecule has 0 atom stereocenters. The summed E-state index contributed by atoms with van der Waals surface area (Å²) in [4.78, 5) is 0. The molecule has 0 amide bonds. The summed E-state index contributed by atoms with van der Waals surface area (Å²) in [5, 5.41) is 18.2. The van der Waals surface area contributed by atoms with Gasteiger partial charge in [-0.05, 0) is 84.6 Å². The van der Waals surface area contributed by atoms with E-state index in [1.807, 2.05) is 48.5 Å². The van der Waals surface area contributed by atoms with Crippen molar-refractivity contribution >= 4 is 42.9 Å². The van der Waals surface area contributed by atoms with Gasteiger partial charge in [0.1, 0.15) is 23.0 Å². The van der Waals surface area contributed by atoms with Crippen molar-refractivity contribution in [3.05, 3.63) is 166 Å². The average molecular weight is 1000 g/mol. The van der Waals surface area contributed by atoms with Crippen LogP contribution in [-0.4, -0.2) is 86.3 Å². The van der Waals surface area contributed by atoms with E-state index in [0.29, 0.717) is 68.9 Å². The summed E-state index contributed by atoms with van der Waals surface area (Å²) in [7, 11) is -0.788. The van der Waals surface area contributed by atoms with Gasteiger partial charge >= 0.3 is 0 Å². The summed E-state index contributed by atoms with van der Waals surface area (Å²) in [6, 6.07) is 32.2. The zero-order valence-corrected chi connectivity index (χ0v) is 40.7. The van der Waals surface area contributed by atoms with Gasteiger partial charge in [-0.1, -0.05) is 71.7 Å². The number of benzene rings is 4. The fourth-order valence-electron chi connectivity index (χ4n) is 7.32. The van der Waals surface area contributed by atoms with Crippen LogP contribution in [0.15, 0.2) is 131 Å². The molecule has 8 rings (SSSR count). The molecule has 0 saturated carbocycles. The highest BCUT2D eigenvalue weighted by Crippen LogP contribution is 2.35. The first-order chi connectivity index (χ1) is 32.8. The van der Waals surface area contributed by atoms with Crippen LogP contribution in [0.4, 0.5) is 0 Å². The highest BCUT2D eigenvalue weighted by Gasteiger charge is 2.28. The molecule has 0 fully saturated rings. The molecule has 0 saturated heterocycles. The van der Waals surface area contributed by atoms with E-state index in [-0.39, 0.29) is 47.9 Å². The Morgan fingerprint density at radius 2 is 0.912 bits per heavy atom. The van der Waals surface area contributed by atoms with E-state index in [2.05, 4.69) is 20.4 Å². The van der Waals surface area contributed by atoms with Crippen LogP contribution in [0.2, 0.25) is 10.0 Å². The number of ether oxygens (including phenoxy) is 4. The quantitative estimate of drug-likeness (QED) is 0.0702.